The highest BCUT2D eigenvalue weighted by Crippen LogP contribution is 2.28. The number of nitrogens with one attached hydrogen (secondary N) is 1. The van der Waals surface area contributed by atoms with Crippen LogP contribution in [0.2, 0.25) is 0 Å². The topological polar surface area (TPSA) is 38.0 Å². The summed E-state index contributed by atoms with van der Waals surface area (Å²) in [6.45, 7) is 3.79. The van der Waals surface area contributed by atoms with Gasteiger partial charge in [0, 0.05) is 5.56 Å². The molecular weight excluding hydrogens is 235 g/mol. The van der Waals surface area contributed by atoms with E-state index in [4.69, 9.17) is 5.84 Å². The fourth-order valence-electron chi connectivity index (χ4n) is 2.08. The van der Waals surface area contributed by atoms with Gasteiger partial charge in [-0.25, -0.2) is 9.82 Å². The molecule has 2 rings (SSSR count). The molecule has 0 fully saturated rings. The molecule has 17 heavy (non-hydrogen) atoms. The van der Waals surface area contributed by atoms with E-state index in [-0.39, 0.29) is 11.9 Å². The van der Waals surface area contributed by atoms with Gasteiger partial charge in [0.25, 0.3) is 0 Å². The number of halogens is 1. The minimum atomic E-state index is -0.290. The van der Waals surface area contributed by atoms with Gasteiger partial charge >= 0.3 is 0 Å². The number of hydrogen-bond donors (Lipinski definition) is 2. The Balaban J connectivity index is 2.52. The summed E-state index contributed by atoms with van der Waals surface area (Å²) in [5, 5.41) is 3.93. The third-order valence-electron chi connectivity index (χ3n) is 2.81. The lowest BCUT2D eigenvalue weighted by atomic mass is 9.95. The maximum absolute atomic E-state index is 14.0. The minimum absolute atomic E-state index is 0.211. The molecular formula is C13H15FN2S. The molecule has 0 bridgehead atoms. The Hall–Kier alpha value is -1.23. The van der Waals surface area contributed by atoms with Crippen LogP contribution < -0.4 is 11.3 Å². The zero-order valence-electron chi connectivity index (χ0n) is 9.83. The summed E-state index contributed by atoms with van der Waals surface area (Å²) < 4.78 is 14.0. The Morgan fingerprint density at radius 1 is 1.35 bits per heavy atom. The van der Waals surface area contributed by atoms with Gasteiger partial charge in [-0.15, -0.1) is 0 Å². The molecule has 2 nitrogen and oxygen atoms in total. The predicted octanol–water partition coefficient (Wildman–Crippen LogP) is 3.06. The molecule has 4 heteroatoms. The van der Waals surface area contributed by atoms with Crippen molar-refractivity contribution in [2.75, 3.05) is 0 Å². The summed E-state index contributed by atoms with van der Waals surface area (Å²) in [5.74, 6) is 5.35. The first-order valence-electron chi connectivity index (χ1n) is 5.38. The lowest BCUT2D eigenvalue weighted by Gasteiger charge is -2.19. The molecule has 1 aromatic carbocycles. The van der Waals surface area contributed by atoms with Crippen LogP contribution in [0.25, 0.3) is 0 Å². The van der Waals surface area contributed by atoms with Crippen molar-refractivity contribution in [3.05, 3.63) is 57.0 Å². The number of nitrogens with two attached hydrogens (primary N) is 1. The molecule has 0 aliphatic rings. The third-order valence-corrected chi connectivity index (χ3v) is 3.51. The van der Waals surface area contributed by atoms with Crippen LogP contribution in [0.3, 0.4) is 0 Å². The first kappa shape index (κ1) is 12.2. The van der Waals surface area contributed by atoms with E-state index in [0.29, 0.717) is 5.56 Å². The molecule has 3 N–H and O–H groups in total. The van der Waals surface area contributed by atoms with Crippen molar-refractivity contribution in [2.45, 2.75) is 19.9 Å². The second-order valence-corrected chi connectivity index (χ2v) is 4.91. The number of aryl methyl sites for hydroxylation is 2. The summed E-state index contributed by atoms with van der Waals surface area (Å²) >= 11 is 1.57. The number of rotatable bonds is 3. The standard InChI is InChI=1S/C13H15FN2S/c1-8-5-9(2)12(11(14)6-8)13(16-15)10-3-4-17-7-10/h3-7,13,16H,15H2,1-2H3. The van der Waals surface area contributed by atoms with E-state index in [0.717, 1.165) is 16.7 Å². The number of hydrazine groups is 1. The zero-order valence-corrected chi connectivity index (χ0v) is 10.6. The molecule has 0 spiro atoms. The second kappa shape index (κ2) is 4.96. The van der Waals surface area contributed by atoms with Gasteiger partial charge < -0.3 is 0 Å². The maximum atomic E-state index is 14.0. The highest BCUT2D eigenvalue weighted by atomic mass is 32.1. The lowest BCUT2D eigenvalue weighted by molar-refractivity contribution is 0.557. The van der Waals surface area contributed by atoms with Crippen LogP contribution in [-0.4, -0.2) is 0 Å². The second-order valence-electron chi connectivity index (χ2n) is 4.13. The van der Waals surface area contributed by atoms with E-state index in [1.807, 2.05) is 36.7 Å². The van der Waals surface area contributed by atoms with Crippen LogP contribution in [0.1, 0.15) is 28.3 Å². The van der Waals surface area contributed by atoms with Gasteiger partial charge in [-0.1, -0.05) is 6.07 Å². The SMILES string of the molecule is Cc1cc(C)c(C(NN)c2ccsc2)c(F)c1. The van der Waals surface area contributed by atoms with Gasteiger partial charge in [0.1, 0.15) is 5.82 Å². The van der Waals surface area contributed by atoms with E-state index in [9.17, 15) is 4.39 Å². The Bertz CT molecular complexity index is 485. The summed E-state index contributed by atoms with van der Waals surface area (Å²) in [6.07, 6.45) is 0. The van der Waals surface area contributed by atoms with Crippen LogP contribution in [0.15, 0.2) is 29.0 Å². The molecule has 0 amide bonds. The molecule has 2 aromatic rings. The van der Waals surface area contributed by atoms with E-state index in [1.54, 1.807) is 17.4 Å². The fourth-order valence-corrected chi connectivity index (χ4v) is 2.76. The van der Waals surface area contributed by atoms with Crippen molar-refractivity contribution in [3.8, 4) is 0 Å². The normalized spacial score (nSPS) is 12.7. The molecule has 1 atom stereocenters. The van der Waals surface area contributed by atoms with Crippen molar-refractivity contribution in [1.29, 1.82) is 0 Å². The van der Waals surface area contributed by atoms with Crippen molar-refractivity contribution in [3.63, 3.8) is 0 Å². The van der Waals surface area contributed by atoms with Gasteiger partial charge in [-0.2, -0.15) is 11.3 Å². The Labute approximate surface area is 104 Å². The van der Waals surface area contributed by atoms with E-state index < -0.39 is 0 Å². The third kappa shape index (κ3) is 2.39. The lowest BCUT2D eigenvalue weighted by Crippen LogP contribution is -2.29. The average molecular weight is 250 g/mol. The van der Waals surface area contributed by atoms with E-state index in [1.165, 1.54) is 0 Å². The highest BCUT2D eigenvalue weighted by Gasteiger charge is 2.19. The van der Waals surface area contributed by atoms with E-state index >= 15 is 0 Å². The quantitative estimate of drug-likeness (QED) is 0.649. The maximum Gasteiger partial charge on any atom is 0.128 e. The molecule has 1 unspecified atom stereocenters. The van der Waals surface area contributed by atoms with Crippen molar-refractivity contribution < 1.29 is 4.39 Å². The molecule has 0 aliphatic heterocycles. The van der Waals surface area contributed by atoms with Gasteiger partial charge in [-0.3, -0.25) is 5.84 Å². The summed E-state index contributed by atoms with van der Waals surface area (Å²) in [5.41, 5.74) is 6.13. The largest absolute Gasteiger partial charge is 0.271 e. The highest BCUT2D eigenvalue weighted by molar-refractivity contribution is 7.08. The Morgan fingerprint density at radius 3 is 2.65 bits per heavy atom. The number of hydrogen-bond acceptors (Lipinski definition) is 3. The van der Waals surface area contributed by atoms with Gasteiger partial charge in [0.15, 0.2) is 0 Å². The van der Waals surface area contributed by atoms with Gasteiger partial charge in [0.2, 0.25) is 0 Å². The molecule has 0 saturated carbocycles. The predicted molar refractivity (Wildman–Crippen MR) is 69.4 cm³/mol. The molecule has 1 heterocycles. The monoisotopic (exact) mass is 250 g/mol. The first-order valence-corrected chi connectivity index (χ1v) is 6.32. The molecule has 1 aromatic heterocycles. The first-order chi connectivity index (χ1) is 8.13. The van der Waals surface area contributed by atoms with Crippen LogP contribution in [0, 0.1) is 19.7 Å². The molecule has 0 radical (unpaired) electrons. The van der Waals surface area contributed by atoms with Crippen molar-refractivity contribution >= 4 is 11.3 Å². The zero-order chi connectivity index (χ0) is 12.4. The van der Waals surface area contributed by atoms with Crippen LogP contribution in [0.5, 0.6) is 0 Å². The average Bonchev–Trinajstić information content (AvgIpc) is 2.76. The van der Waals surface area contributed by atoms with E-state index in [2.05, 4.69) is 5.43 Å². The van der Waals surface area contributed by atoms with Crippen molar-refractivity contribution in [1.82, 2.24) is 5.43 Å². The molecule has 0 saturated heterocycles. The Morgan fingerprint density at radius 2 is 2.12 bits per heavy atom. The summed E-state index contributed by atoms with van der Waals surface area (Å²) in [7, 11) is 0. The fraction of sp³-hybridized carbons (Fsp3) is 0.231. The summed E-state index contributed by atoms with van der Waals surface area (Å²) in [4.78, 5) is 0. The summed E-state index contributed by atoms with van der Waals surface area (Å²) in [6, 6.07) is 5.17. The number of benzene rings is 1. The van der Waals surface area contributed by atoms with Crippen molar-refractivity contribution in [2.24, 2.45) is 5.84 Å². The number of thiophene rings is 1. The molecule has 90 valence electrons. The molecule has 0 aliphatic carbocycles. The van der Waals surface area contributed by atoms with Crippen LogP contribution in [0.4, 0.5) is 4.39 Å². The van der Waals surface area contributed by atoms with Gasteiger partial charge in [0.05, 0.1) is 6.04 Å². The smallest absolute Gasteiger partial charge is 0.128 e. The minimum Gasteiger partial charge on any atom is -0.271 e. The van der Waals surface area contributed by atoms with Crippen LogP contribution >= 0.6 is 11.3 Å². The van der Waals surface area contributed by atoms with Crippen LogP contribution in [-0.2, 0) is 0 Å². The van der Waals surface area contributed by atoms with Gasteiger partial charge in [-0.05, 0) is 53.4 Å². The Kier molecular flexibility index (Phi) is 3.57.